The Morgan fingerprint density at radius 3 is 2.43 bits per heavy atom. The van der Waals surface area contributed by atoms with Gasteiger partial charge in [-0.25, -0.2) is 8.78 Å². The molecule has 1 heterocycles. The summed E-state index contributed by atoms with van der Waals surface area (Å²) >= 11 is 0. The highest BCUT2D eigenvalue weighted by Crippen LogP contribution is 2.36. The molecule has 30 heavy (non-hydrogen) atoms. The Hall–Kier alpha value is -3.74. The maximum Gasteiger partial charge on any atom is 0.261 e. The number of carbonyl (C=O) groups is 2. The highest BCUT2D eigenvalue weighted by Gasteiger charge is 2.34. The smallest absolute Gasteiger partial charge is 0.261 e. The molecule has 0 spiro atoms. The van der Waals surface area contributed by atoms with Crippen molar-refractivity contribution in [2.45, 2.75) is 6.04 Å². The first-order valence-electron chi connectivity index (χ1n) is 9.33. The second kappa shape index (κ2) is 8.32. The number of fused-ring (bicyclic) bond motifs is 1. The van der Waals surface area contributed by atoms with E-state index in [2.05, 4.69) is 5.32 Å². The number of benzene rings is 3. The molecular weight excluding hydrogens is 390 g/mol. The van der Waals surface area contributed by atoms with E-state index in [1.807, 2.05) is 6.07 Å². The summed E-state index contributed by atoms with van der Waals surface area (Å²) in [7, 11) is 0. The molecule has 4 rings (SSSR count). The molecule has 7 heteroatoms. The van der Waals surface area contributed by atoms with Crippen LogP contribution in [0.1, 0.15) is 17.2 Å². The summed E-state index contributed by atoms with van der Waals surface area (Å²) in [5.41, 5.74) is 1.35. The zero-order valence-electron chi connectivity index (χ0n) is 15.8. The minimum atomic E-state index is -0.790. The largest absolute Gasteiger partial charge is 0.484 e. The van der Waals surface area contributed by atoms with Crippen molar-refractivity contribution in [2.24, 2.45) is 0 Å². The molecule has 0 saturated carbocycles. The number of carbonyl (C=O) groups excluding carboxylic acids is 2. The third kappa shape index (κ3) is 4.15. The summed E-state index contributed by atoms with van der Waals surface area (Å²) in [5, 5.41) is 2.70. The molecule has 2 amide bonds. The molecule has 0 fully saturated rings. The fourth-order valence-electron chi connectivity index (χ4n) is 3.46. The Labute approximate surface area is 171 Å². The first-order valence-corrected chi connectivity index (χ1v) is 9.33. The molecule has 0 radical (unpaired) electrons. The van der Waals surface area contributed by atoms with Crippen LogP contribution in [0.3, 0.4) is 0 Å². The van der Waals surface area contributed by atoms with Crippen LogP contribution in [0, 0.1) is 11.6 Å². The van der Waals surface area contributed by atoms with E-state index in [-0.39, 0.29) is 13.2 Å². The molecule has 3 aromatic rings. The zero-order chi connectivity index (χ0) is 21.1. The highest BCUT2D eigenvalue weighted by molar-refractivity contribution is 5.97. The van der Waals surface area contributed by atoms with Gasteiger partial charge >= 0.3 is 0 Å². The van der Waals surface area contributed by atoms with Crippen LogP contribution in [0.5, 0.6) is 5.75 Å². The minimum absolute atomic E-state index is 0.255. The molecule has 5 nitrogen and oxygen atoms in total. The van der Waals surface area contributed by atoms with Crippen molar-refractivity contribution >= 4 is 17.5 Å². The second-order valence-electron chi connectivity index (χ2n) is 6.86. The van der Waals surface area contributed by atoms with Gasteiger partial charge in [-0.3, -0.25) is 9.59 Å². The van der Waals surface area contributed by atoms with Crippen molar-refractivity contribution in [3.8, 4) is 5.75 Å². The SMILES string of the molecule is O=C1CN(C(=O)COc2ccccc2)[C@@H](c2ccc(F)cc2)c2cc(F)ccc2N1. The zero-order valence-corrected chi connectivity index (χ0v) is 15.8. The first kappa shape index (κ1) is 19.6. The predicted octanol–water partition coefficient (Wildman–Crippen LogP) is 3.91. The molecule has 0 bridgehead atoms. The quantitative estimate of drug-likeness (QED) is 0.712. The fourth-order valence-corrected chi connectivity index (χ4v) is 3.46. The number of rotatable bonds is 4. The van der Waals surface area contributed by atoms with Crippen LogP contribution in [0.15, 0.2) is 72.8 Å². The average molecular weight is 408 g/mol. The van der Waals surface area contributed by atoms with Crippen molar-refractivity contribution in [3.05, 3.63) is 95.6 Å². The lowest BCUT2D eigenvalue weighted by atomic mass is 9.95. The Morgan fingerprint density at radius 1 is 1.00 bits per heavy atom. The van der Waals surface area contributed by atoms with E-state index < -0.39 is 29.5 Å². The summed E-state index contributed by atoms with van der Waals surface area (Å²) in [6, 6.07) is 17.5. The summed E-state index contributed by atoms with van der Waals surface area (Å²) in [5.74, 6) is -1.31. The van der Waals surface area contributed by atoms with E-state index in [1.165, 1.54) is 47.4 Å². The molecule has 1 atom stereocenters. The fraction of sp³-hybridized carbons (Fsp3) is 0.130. The molecular formula is C23H18F2N2O3. The monoisotopic (exact) mass is 408 g/mol. The average Bonchev–Trinajstić information content (AvgIpc) is 2.89. The van der Waals surface area contributed by atoms with Gasteiger partial charge in [0.1, 0.15) is 23.9 Å². The third-order valence-electron chi connectivity index (χ3n) is 4.82. The van der Waals surface area contributed by atoms with E-state index in [9.17, 15) is 18.4 Å². The lowest BCUT2D eigenvalue weighted by Crippen LogP contribution is -2.41. The summed E-state index contributed by atoms with van der Waals surface area (Å²) < 4.78 is 33.1. The summed E-state index contributed by atoms with van der Waals surface area (Å²) in [6.45, 7) is -0.561. The minimum Gasteiger partial charge on any atom is -0.484 e. The van der Waals surface area contributed by atoms with Gasteiger partial charge in [-0.1, -0.05) is 30.3 Å². The maximum atomic E-state index is 14.1. The predicted molar refractivity (Wildman–Crippen MR) is 107 cm³/mol. The van der Waals surface area contributed by atoms with Gasteiger partial charge in [-0.05, 0) is 48.0 Å². The molecule has 1 N–H and O–H groups in total. The number of anilines is 1. The van der Waals surface area contributed by atoms with Crippen LogP contribution < -0.4 is 10.1 Å². The number of amides is 2. The topological polar surface area (TPSA) is 58.6 Å². The molecule has 0 saturated heterocycles. The number of nitrogens with one attached hydrogen (secondary N) is 1. The van der Waals surface area contributed by atoms with Crippen LogP contribution in [0.2, 0.25) is 0 Å². The van der Waals surface area contributed by atoms with Crippen LogP contribution in [-0.2, 0) is 9.59 Å². The Morgan fingerprint density at radius 2 is 1.70 bits per heavy atom. The van der Waals surface area contributed by atoms with Crippen molar-refractivity contribution in [1.29, 1.82) is 0 Å². The van der Waals surface area contributed by atoms with Gasteiger partial charge in [0, 0.05) is 11.3 Å². The van der Waals surface area contributed by atoms with Gasteiger partial charge in [-0.15, -0.1) is 0 Å². The number of para-hydroxylation sites is 1. The molecule has 0 aliphatic carbocycles. The van der Waals surface area contributed by atoms with Gasteiger partial charge in [0.25, 0.3) is 5.91 Å². The van der Waals surface area contributed by atoms with Crippen molar-refractivity contribution in [1.82, 2.24) is 4.90 Å². The molecule has 3 aromatic carbocycles. The normalized spacial score (nSPS) is 15.7. The van der Waals surface area contributed by atoms with Crippen molar-refractivity contribution in [3.63, 3.8) is 0 Å². The van der Waals surface area contributed by atoms with Crippen LogP contribution >= 0.6 is 0 Å². The first-order chi connectivity index (χ1) is 14.5. The molecule has 1 aliphatic heterocycles. The van der Waals surface area contributed by atoms with Crippen molar-refractivity contribution < 1.29 is 23.1 Å². The van der Waals surface area contributed by atoms with Gasteiger partial charge in [0.15, 0.2) is 6.61 Å². The maximum absolute atomic E-state index is 14.1. The molecule has 0 unspecified atom stereocenters. The summed E-state index contributed by atoms with van der Waals surface area (Å²) in [4.78, 5) is 26.8. The van der Waals surface area contributed by atoms with E-state index in [0.717, 1.165) is 0 Å². The Kier molecular flexibility index (Phi) is 5.43. The second-order valence-corrected chi connectivity index (χ2v) is 6.86. The molecule has 152 valence electrons. The number of ether oxygens (including phenoxy) is 1. The van der Waals surface area contributed by atoms with Crippen LogP contribution in [-0.4, -0.2) is 29.9 Å². The highest BCUT2D eigenvalue weighted by atomic mass is 19.1. The van der Waals surface area contributed by atoms with Crippen LogP contribution in [0.4, 0.5) is 14.5 Å². The lowest BCUT2D eigenvalue weighted by Gasteiger charge is -2.30. The summed E-state index contributed by atoms with van der Waals surface area (Å²) in [6.07, 6.45) is 0. The number of nitrogens with zero attached hydrogens (tertiary/aromatic N) is 1. The van der Waals surface area contributed by atoms with Gasteiger partial charge in [-0.2, -0.15) is 0 Å². The number of hydrogen-bond acceptors (Lipinski definition) is 3. The lowest BCUT2D eigenvalue weighted by molar-refractivity contribution is -0.138. The molecule has 0 aromatic heterocycles. The Balaban J connectivity index is 1.72. The van der Waals surface area contributed by atoms with Gasteiger partial charge in [0.2, 0.25) is 5.91 Å². The van der Waals surface area contributed by atoms with Crippen molar-refractivity contribution in [2.75, 3.05) is 18.5 Å². The third-order valence-corrected chi connectivity index (χ3v) is 4.82. The van der Waals surface area contributed by atoms with Gasteiger partial charge < -0.3 is 15.0 Å². The number of hydrogen-bond donors (Lipinski definition) is 1. The molecule has 1 aliphatic rings. The van der Waals surface area contributed by atoms with Gasteiger partial charge in [0.05, 0.1) is 6.04 Å². The standard InChI is InChI=1S/C23H18F2N2O3/c24-16-8-6-15(7-9-16)23-19-12-17(25)10-11-20(19)26-21(28)13-27(23)22(29)14-30-18-4-2-1-3-5-18/h1-12,23H,13-14H2,(H,26,28)/t23-/m0/s1. The van der Waals surface area contributed by atoms with E-state index >= 15 is 0 Å². The van der Waals surface area contributed by atoms with E-state index in [4.69, 9.17) is 4.74 Å². The van der Waals surface area contributed by atoms with Crippen LogP contribution in [0.25, 0.3) is 0 Å². The van der Waals surface area contributed by atoms with E-state index in [0.29, 0.717) is 22.6 Å². The van der Waals surface area contributed by atoms with E-state index in [1.54, 1.807) is 24.3 Å². The Bertz CT molecular complexity index is 1070. The number of halogens is 2.